The van der Waals surface area contributed by atoms with Crippen molar-refractivity contribution in [1.82, 2.24) is 4.72 Å². The number of aromatic hydroxyl groups is 1. The highest BCUT2D eigenvalue weighted by atomic mass is 32.2. The largest absolute Gasteiger partial charge is 0.507 e. The Kier molecular flexibility index (Phi) is 5.20. The summed E-state index contributed by atoms with van der Waals surface area (Å²) in [4.78, 5) is 10.7. The van der Waals surface area contributed by atoms with Crippen LogP contribution in [0, 0.1) is 0 Å². The average molecular weight is 310 g/mol. The molecule has 4 N–H and O–H groups in total. The van der Waals surface area contributed by atoms with Crippen molar-refractivity contribution in [2.75, 3.05) is 0 Å². The van der Waals surface area contributed by atoms with Crippen LogP contribution in [0.3, 0.4) is 0 Å². The van der Waals surface area contributed by atoms with Crippen LogP contribution in [-0.4, -0.2) is 11.1 Å². The first-order chi connectivity index (χ1) is 9.43. The molecular formula is C16H26N2O2S. The van der Waals surface area contributed by atoms with Crippen LogP contribution in [0.2, 0.25) is 0 Å². The van der Waals surface area contributed by atoms with Gasteiger partial charge >= 0.3 is 6.03 Å². The van der Waals surface area contributed by atoms with E-state index in [-0.39, 0.29) is 10.8 Å². The molecule has 21 heavy (non-hydrogen) atoms. The Morgan fingerprint density at radius 1 is 1.14 bits per heavy atom. The highest BCUT2D eigenvalue weighted by Gasteiger charge is 2.26. The van der Waals surface area contributed by atoms with Crippen molar-refractivity contribution in [3.8, 4) is 5.75 Å². The van der Waals surface area contributed by atoms with E-state index >= 15 is 0 Å². The van der Waals surface area contributed by atoms with E-state index in [4.69, 9.17) is 5.73 Å². The normalized spacial score (nSPS) is 12.3. The molecule has 0 atom stereocenters. The monoisotopic (exact) mass is 310 g/mol. The number of hydrogen-bond acceptors (Lipinski definition) is 3. The Labute approximate surface area is 131 Å². The van der Waals surface area contributed by atoms with Gasteiger partial charge in [-0.1, -0.05) is 53.7 Å². The summed E-state index contributed by atoms with van der Waals surface area (Å²) in [6.45, 7) is 12.5. The van der Waals surface area contributed by atoms with Gasteiger partial charge in [-0.15, -0.1) is 0 Å². The molecule has 5 heteroatoms. The van der Waals surface area contributed by atoms with Crippen molar-refractivity contribution in [3.63, 3.8) is 0 Å². The Bertz CT molecular complexity index is 493. The van der Waals surface area contributed by atoms with Crippen LogP contribution in [-0.2, 0) is 16.6 Å². The van der Waals surface area contributed by atoms with Gasteiger partial charge in [-0.2, -0.15) is 0 Å². The number of rotatable bonds is 3. The average Bonchev–Trinajstić information content (AvgIpc) is 2.27. The second kappa shape index (κ2) is 6.18. The second-order valence-corrected chi connectivity index (χ2v) is 8.08. The number of nitrogens with one attached hydrogen (secondary N) is 1. The van der Waals surface area contributed by atoms with Crippen molar-refractivity contribution in [2.45, 2.75) is 58.1 Å². The maximum atomic E-state index is 10.7. The number of phenols is 1. The summed E-state index contributed by atoms with van der Waals surface area (Å²) in [5, 5.41) is 10.6. The maximum absolute atomic E-state index is 10.7. The summed E-state index contributed by atoms with van der Waals surface area (Å²) in [5.74, 6) is 0.974. The van der Waals surface area contributed by atoms with E-state index in [0.29, 0.717) is 11.5 Å². The van der Waals surface area contributed by atoms with Crippen LogP contribution >= 0.6 is 11.9 Å². The van der Waals surface area contributed by atoms with Gasteiger partial charge in [0.2, 0.25) is 0 Å². The predicted molar refractivity (Wildman–Crippen MR) is 89.5 cm³/mol. The molecule has 2 amide bonds. The van der Waals surface area contributed by atoms with Crippen LogP contribution in [0.5, 0.6) is 5.75 Å². The SMILES string of the molecule is CC(C)(C)c1cc(CSNC(N)=O)cc(C(C)(C)C)c1O. The van der Waals surface area contributed by atoms with Crippen molar-refractivity contribution in [1.29, 1.82) is 0 Å². The molecule has 0 aliphatic rings. The number of amides is 2. The third kappa shape index (κ3) is 4.84. The molecule has 0 aliphatic carbocycles. The Hall–Kier alpha value is -1.36. The lowest BCUT2D eigenvalue weighted by atomic mass is 9.78. The van der Waals surface area contributed by atoms with Gasteiger partial charge < -0.3 is 10.8 Å². The van der Waals surface area contributed by atoms with Crippen molar-refractivity contribution in [2.24, 2.45) is 5.73 Å². The first kappa shape index (κ1) is 17.7. The zero-order valence-corrected chi connectivity index (χ0v) is 14.5. The van der Waals surface area contributed by atoms with Gasteiger partial charge in [0.1, 0.15) is 5.75 Å². The maximum Gasteiger partial charge on any atom is 0.322 e. The zero-order valence-electron chi connectivity index (χ0n) is 13.7. The number of nitrogens with two attached hydrogens (primary N) is 1. The van der Waals surface area contributed by atoms with E-state index in [9.17, 15) is 9.90 Å². The van der Waals surface area contributed by atoms with Crippen LogP contribution in [0.15, 0.2) is 12.1 Å². The van der Waals surface area contributed by atoms with Gasteiger partial charge in [0.15, 0.2) is 0 Å². The fourth-order valence-corrected chi connectivity index (χ4v) is 2.66. The predicted octanol–water partition coefficient (Wildman–Crippen LogP) is 3.80. The molecule has 0 heterocycles. The molecule has 0 fully saturated rings. The lowest BCUT2D eigenvalue weighted by Gasteiger charge is -2.28. The molecule has 118 valence electrons. The molecule has 4 nitrogen and oxygen atoms in total. The fourth-order valence-electron chi connectivity index (χ4n) is 2.11. The van der Waals surface area contributed by atoms with Crippen molar-refractivity contribution in [3.05, 3.63) is 28.8 Å². The highest BCUT2D eigenvalue weighted by Crippen LogP contribution is 2.40. The third-order valence-corrected chi connectivity index (χ3v) is 4.02. The topological polar surface area (TPSA) is 75.3 Å². The number of benzene rings is 1. The molecule has 0 spiro atoms. The second-order valence-electron chi connectivity index (χ2n) is 7.29. The van der Waals surface area contributed by atoms with Gasteiger partial charge in [0.25, 0.3) is 0 Å². The fraction of sp³-hybridized carbons (Fsp3) is 0.562. The van der Waals surface area contributed by atoms with Gasteiger partial charge in [0, 0.05) is 5.75 Å². The van der Waals surface area contributed by atoms with Gasteiger partial charge in [-0.05, 0) is 39.5 Å². The first-order valence-corrected chi connectivity index (χ1v) is 7.95. The van der Waals surface area contributed by atoms with E-state index in [1.54, 1.807) is 0 Å². The standard InChI is InChI=1S/C16H26N2O2S/c1-15(2,3)11-7-10(9-21-18-14(17)20)8-12(13(11)19)16(4,5)6/h7-8,19H,9H2,1-6H3,(H3,17,18,20). The molecule has 0 unspecified atom stereocenters. The molecule has 0 aromatic heterocycles. The summed E-state index contributed by atoms with van der Waals surface area (Å²) in [5.41, 5.74) is 7.67. The van der Waals surface area contributed by atoms with Crippen LogP contribution < -0.4 is 10.5 Å². The number of hydrogen-bond donors (Lipinski definition) is 3. The third-order valence-electron chi connectivity index (χ3n) is 3.20. The van der Waals surface area contributed by atoms with Crippen LogP contribution in [0.4, 0.5) is 4.79 Å². The summed E-state index contributed by atoms with van der Waals surface area (Å²) in [7, 11) is 0. The number of urea groups is 1. The number of carbonyl (C=O) groups excluding carboxylic acids is 1. The summed E-state index contributed by atoms with van der Waals surface area (Å²) < 4.78 is 2.52. The smallest absolute Gasteiger partial charge is 0.322 e. The summed E-state index contributed by atoms with van der Waals surface area (Å²) in [6, 6.07) is 3.45. The highest BCUT2D eigenvalue weighted by molar-refractivity contribution is 7.97. The number of carbonyl (C=O) groups is 1. The van der Waals surface area contributed by atoms with Gasteiger partial charge in [-0.3, -0.25) is 4.72 Å². The van der Waals surface area contributed by atoms with E-state index in [1.165, 1.54) is 11.9 Å². The van der Waals surface area contributed by atoms with Crippen LogP contribution in [0.1, 0.15) is 58.2 Å². The summed E-state index contributed by atoms with van der Waals surface area (Å²) >= 11 is 1.25. The van der Waals surface area contributed by atoms with E-state index in [2.05, 4.69) is 46.3 Å². The van der Waals surface area contributed by atoms with Crippen molar-refractivity contribution < 1.29 is 9.90 Å². The molecule has 0 aliphatic heterocycles. The molecule has 1 aromatic rings. The van der Waals surface area contributed by atoms with E-state index < -0.39 is 6.03 Å². The number of primary amides is 1. The molecular weight excluding hydrogens is 284 g/mol. The Morgan fingerprint density at radius 2 is 1.57 bits per heavy atom. The Morgan fingerprint density at radius 3 is 1.90 bits per heavy atom. The molecule has 0 radical (unpaired) electrons. The Balaban J connectivity index is 3.24. The summed E-state index contributed by atoms with van der Waals surface area (Å²) in [6.07, 6.45) is 0. The minimum atomic E-state index is -0.550. The van der Waals surface area contributed by atoms with Gasteiger partial charge in [-0.25, -0.2) is 4.79 Å². The van der Waals surface area contributed by atoms with E-state index in [0.717, 1.165) is 16.7 Å². The molecule has 1 aromatic carbocycles. The first-order valence-electron chi connectivity index (χ1n) is 6.97. The van der Waals surface area contributed by atoms with E-state index in [1.807, 2.05) is 12.1 Å². The molecule has 0 saturated heterocycles. The molecule has 0 saturated carbocycles. The zero-order chi connectivity index (χ0) is 16.4. The van der Waals surface area contributed by atoms with Gasteiger partial charge in [0.05, 0.1) is 0 Å². The minimum Gasteiger partial charge on any atom is -0.507 e. The number of phenolic OH excluding ortho intramolecular Hbond substituents is 1. The van der Waals surface area contributed by atoms with Crippen LogP contribution in [0.25, 0.3) is 0 Å². The molecule has 0 bridgehead atoms. The quantitative estimate of drug-likeness (QED) is 0.743. The lowest BCUT2D eigenvalue weighted by molar-refractivity contribution is 0.254. The van der Waals surface area contributed by atoms with Crippen molar-refractivity contribution >= 4 is 18.0 Å². The molecule has 1 rings (SSSR count). The lowest BCUT2D eigenvalue weighted by Crippen LogP contribution is -2.23. The minimum absolute atomic E-state index is 0.151.